The Morgan fingerprint density at radius 3 is 2.65 bits per heavy atom. The minimum atomic E-state index is 0.563. The summed E-state index contributed by atoms with van der Waals surface area (Å²) in [4.78, 5) is 10.4. The van der Waals surface area contributed by atoms with Gasteiger partial charge in [0.1, 0.15) is 5.82 Å². The van der Waals surface area contributed by atoms with Crippen molar-refractivity contribution >= 4 is 51.3 Å². The van der Waals surface area contributed by atoms with Gasteiger partial charge in [-0.25, -0.2) is 9.97 Å². The highest BCUT2D eigenvalue weighted by Crippen LogP contribution is 2.31. The molecular weight excluding hydrogens is 405 g/mol. The molecule has 0 atom stereocenters. The van der Waals surface area contributed by atoms with Gasteiger partial charge in [0.15, 0.2) is 5.82 Å². The molecule has 0 aliphatic rings. The molecule has 0 aromatic carbocycles. The molecule has 2 aromatic rings. The standard InChI is InChI=1S/C14H17ClIN3S/c1-4-17-14-12(16)9(7-8(2)3)18-13(19-14)10-5-6-11(15)20-10/h5-6,8H,4,7H2,1-3H3,(H,17,18,19). The molecule has 0 aliphatic carbocycles. The van der Waals surface area contributed by atoms with E-state index in [1.165, 1.54) is 11.3 Å². The molecule has 0 saturated heterocycles. The minimum absolute atomic E-state index is 0.563. The highest BCUT2D eigenvalue weighted by atomic mass is 127. The summed E-state index contributed by atoms with van der Waals surface area (Å²) in [5, 5.41) is 3.32. The van der Waals surface area contributed by atoms with E-state index >= 15 is 0 Å². The Labute approximate surface area is 142 Å². The van der Waals surface area contributed by atoms with Crippen molar-refractivity contribution in [2.75, 3.05) is 11.9 Å². The van der Waals surface area contributed by atoms with Crippen LogP contribution in [0.5, 0.6) is 0 Å². The number of thiophene rings is 1. The summed E-state index contributed by atoms with van der Waals surface area (Å²) in [6.45, 7) is 7.32. The largest absolute Gasteiger partial charge is 0.369 e. The first-order chi connectivity index (χ1) is 9.51. The lowest BCUT2D eigenvalue weighted by Gasteiger charge is -2.13. The molecule has 0 radical (unpaired) electrons. The quantitative estimate of drug-likeness (QED) is 0.683. The Morgan fingerprint density at radius 1 is 1.35 bits per heavy atom. The number of nitrogens with zero attached hydrogens (tertiary/aromatic N) is 2. The number of anilines is 1. The van der Waals surface area contributed by atoms with E-state index in [1.54, 1.807) is 0 Å². The Bertz CT molecular complexity index is 598. The number of rotatable bonds is 5. The highest BCUT2D eigenvalue weighted by Gasteiger charge is 2.15. The van der Waals surface area contributed by atoms with Gasteiger partial charge >= 0.3 is 0 Å². The third-order valence-corrected chi connectivity index (χ3v) is 5.02. The number of nitrogens with one attached hydrogen (secondary N) is 1. The van der Waals surface area contributed by atoms with Crippen molar-refractivity contribution in [1.82, 2.24) is 9.97 Å². The molecule has 2 aromatic heterocycles. The second-order valence-electron chi connectivity index (χ2n) is 4.89. The molecule has 108 valence electrons. The molecule has 3 nitrogen and oxygen atoms in total. The molecular formula is C14H17ClIN3S. The maximum Gasteiger partial charge on any atom is 0.171 e. The molecule has 0 unspecified atom stereocenters. The van der Waals surface area contributed by atoms with Gasteiger partial charge in [-0.15, -0.1) is 11.3 Å². The van der Waals surface area contributed by atoms with Crippen LogP contribution in [0.3, 0.4) is 0 Å². The second kappa shape index (κ2) is 7.04. The average Bonchev–Trinajstić information content (AvgIpc) is 2.80. The first kappa shape index (κ1) is 16.0. The van der Waals surface area contributed by atoms with Crippen molar-refractivity contribution in [2.45, 2.75) is 27.2 Å². The van der Waals surface area contributed by atoms with E-state index in [-0.39, 0.29) is 0 Å². The molecule has 0 saturated carbocycles. The zero-order chi connectivity index (χ0) is 14.7. The summed E-state index contributed by atoms with van der Waals surface area (Å²) in [5.74, 6) is 2.24. The lowest BCUT2D eigenvalue weighted by molar-refractivity contribution is 0.632. The topological polar surface area (TPSA) is 37.8 Å². The van der Waals surface area contributed by atoms with Gasteiger partial charge in [0.25, 0.3) is 0 Å². The first-order valence-electron chi connectivity index (χ1n) is 6.57. The third kappa shape index (κ3) is 3.83. The molecule has 0 bridgehead atoms. The fraction of sp³-hybridized carbons (Fsp3) is 0.429. The summed E-state index contributed by atoms with van der Waals surface area (Å²) in [5.41, 5.74) is 1.10. The third-order valence-electron chi connectivity index (χ3n) is 2.66. The fourth-order valence-electron chi connectivity index (χ4n) is 1.84. The number of hydrogen-bond donors (Lipinski definition) is 1. The van der Waals surface area contributed by atoms with E-state index in [2.05, 4.69) is 53.7 Å². The van der Waals surface area contributed by atoms with Gasteiger partial charge in [0, 0.05) is 6.54 Å². The van der Waals surface area contributed by atoms with Gasteiger partial charge in [-0.2, -0.15) is 0 Å². The van der Waals surface area contributed by atoms with E-state index < -0.39 is 0 Å². The monoisotopic (exact) mass is 421 g/mol. The molecule has 6 heteroatoms. The summed E-state index contributed by atoms with van der Waals surface area (Å²) >= 11 is 9.85. The Balaban J connectivity index is 2.49. The van der Waals surface area contributed by atoms with Gasteiger partial charge in [0.05, 0.1) is 18.5 Å². The normalized spacial score (nSPS) is 11.1. The van der Waals surface area contributed by atoms with E-state index in [1.807, 2.05) is 12.1 Å². The minimum Gasteiger partial charge on any atom is -0.369 e. The predicted octanol–water partition coefficient (Wildman–Crippen LogP) is 5.09. The average molecular weight is 422 g/mol. The van der Waals surface area contributed by atoms with Gasteiger partial charge in [0.2, 0.25) is 0 Å². The van der Waals surface area contributed by atoms with Crippen LogP contribution in [0.4, 0.5) is 5.82 Å². The highest BCUT2D eigenvalue weighted by molar-refractivity contribution is 14.1. The zero-order valence-corrected chi connectivity index (χ0v) is 15.4. The van der Waals surface area contributed by atoms with Crippen LogP contribution in [-0.2, 0) is 6.42 Å². The maximum atomic E-state index is 6.01. The molecule has 0 fully saturated rings. The van der Waals surface area contributed by atoms with E-state index in [0.29, 0.717) is 5.92 Å². The Morgan fingerprint density at radius 2 is 2.10 bits per heavy atom. The van der Waals surface area contributed by atoms with Gasteiger partial charge < -0.3 is 5.32 Å². The van der Waals surface area contributed by atoms with Crippen LogP contribution >= 0.6 is 45.5 Å². The van der Waals surface area contributed by atoms with Crippen LogP contribution in [-0.4, -0.2) is 16.5 Å². The maximum absolute atomic E-state index is 6.01. The van der Waals surface area contributed by atoms with Crippen LogP contribution in [0, 0.1) is 9.49 Å². The molecule has 0 spiro atoms. The van der Waals surface area contributed by atoms with Crippen LogP contribution in [0.25, 0.3) is 10.7 Å². The van der Waals surface area contributed by atoms with Crippen LogP contribution in [0.1, 0.15) is 26.5 Å². The summed E-state index contributed by atoms with van der Waals surface area (Å²) < 4.78 is 1.88. The molecule has 20 heavy (non-hydrogen) atoms. The molecule has 0 aliphatic heterocycles. The van der Waals surface area contributed by atoms with E-state index in [9.17, 15) is 0 Å². The predicted molar refractivity (Wildman–Crippen MR) is 95.8 cm³/mol. The molecule has 2 heterocycles. The Kier molecular flexibility index (Phi) is 5.63. The summed E-state index contributed by atoms with van der Waals surface area (Å²) in [6, 6.07) is 3.86. The SMILES string of the molecule is CCNc1nc(-c2ccc(Cl)s2)nc(CC(C)C)c1I. The van der Waals surface area contributed by atoms with Crippen molar-refractivity contribution in [3.05, 3.63) is 25.7 Å². The zero-order valence-electron chi connectivity index (χ0n) is 11.7. The number of aromatic nitrogens is 2. The molecule has 1 N–H and O–H groups in total. The van der Waals surface area contributed by atoms with Gasteiger partial charge in [-0.1, -0.05) is 25.4 Å². The van der Waals surface area contributed by atoms with Crippen molar-refractivity contribution in [2.24, 2.45) is 5.92 Å². The fourth-order valence-corrected chi connectivity index (χ4v) is 3.47. The summed E-state index contributed by atoms with van der Waals surface area (Å²) in [7, 11) is 0. The lowest BCUT2D eigenvalue weighted by atomic mass is 10.1. The number of hydrogen-bond acceptors (Lipinski definition) is 4. The second-order valence-corrected chi connectivity index (χ2v) is 7.68. The first-order valence-corrected chi connectivity index (χ1v) is 8.84. The van der Waals surface area contributed by atoms with Crippen molar-refractivity contribution in [3.8, 4) is 10.7 Å². The molecule has 2 rings (SSSR count). The smallest absolute Gasteiger partial charge is 0.171 e. The number of halogens is 2. The van der Waals surface area contributed by atoms with Crippen molar-refractivity contribution in [1.29, 1.82) is 0 Å². The van der Waals surface area contributed by atoms with E-state index in [0.717, 1.165) is 43.1 Å². The van der Waals surface area contributed by atoms with Gasteiger partial charge in [-0.3, -0.25) is 0 Å². The van der Waals surface area contributed by atoms with Crippen LogP contribution < -0.4 is 5.32 Å². The lowest BCUT2D eigenvalue weighted by Crippen LogP contribution is -2.09. The van der Waals surface area contributed by atoms with Crippen LogP contribution in [0.2, 0.25) is 4.34 Å². The Hall–Kier alpha value is -0.400. The van der Waals surface area contributed by atoms with Gasteiger partial charge in [-0.05, 0) is 54.0 Å². The van der Waals surface area contributed by atoms with E-state index in [4.69, 9.17) is 16.6 Å². The van der Waals surface area contributed by atoms with Crippen molar-refractivity contribution in [3.63, 3.8) is 0 Å². The summed E-state index contributed by atoms with van der Waals surface area (Å²) in [6.07, 6.45) is 0.950. The van der Waals surface area contributed by atoms with Crippen LogP contribution in [0.15, 0.2) is 12.1 Å². The van der Waals surface area contributed by atoms with Crippen molar-refractivity contribution < 1.29 is 0 Å². The molecule has 0 amide bonds.